The second kappa shape index (κ2) is 8.53. The fourth-order valence-electron chi connectivity index (χ4n) is 1.71. The van der Waals surface area contributed by atoms with Gasteiger partial charge in [0.25, 0.3) is 5.91 Å². The van der Waals surface area contributed by atoms with Gasteiger partial charge in [-0.05, 0) is 26.3 Å². The first-order chi connectivity index (χ1) is 9.56. The van der Waals surface area contributed by atoms with Crippen LogP contribution < -0.4 is 5.32 Å². The zero-order valence-electron chi connectivity index (χ0n) is 12.8. The Labute approximate surface area is 121 Å². The van der Waals surface area contributed by atoms with Gasteiger partial charge in [-0.25, -0.2) is 0 Å². The number of rotatable bonds is 8. The van der Waals surface area contributed by atoms with Crippen molar-refractivity contribution < 1.29 is 9.53 Å². The van der Waals surface area contributed by atoms with Gasteiger partial charge in [0.05, 0.1) is 24.0 Å². The van der Waals surface area contributed by atoms with Crippen LogP contribution in [0.3, 0.4) is 0 Å². The molecule has 0 aliphatic rings. The maximum Gasteiger partial charge on any atom is 0.257 e. The topological polar surface area (TPSA) is 54.5 Å². The molecule has 1 heterocycles. The van der Waals surface area contributed by atoms with Gasteiger partial charge >= 0.3 is 0 Å². The van der Waals surface area contributed by atoms with Crippen molar-refractivity contribution in [3.8, 4) is 0 Å². The number of aromatic nitrogens is 1. The van der Waals surface area contributed by atoms with Crippen LogP contribution in [0.2, 0.25) is 0 Å². The third-order valence-electron chi connectivity index (χ3n) is 2.84. The van der Waals surface area contributed by atoms with Gasteiger partial charge in [-0.1, -0.05) is 6.92 Å². The Kier molecular flexibility index (Phi) is 7.01. The van der Waals surface area contributed by atoms with Gasteiger partial charge in [0.2, 0.25) is 0 Å². The van der Waals surface area contributed by atoms with Crippen LogP contribution in [0.15, 0.2) is 18.5 Å². The Bertz CT molecular complexity index is 421. The predicted octanol–water partition coefficient (Wildman–Crippen LogP) is 2.40. The summed E-state index contributed by atoms with van der Waals surface area (Å²) in [6, 6.07) is 1.83. The predicted molar refractivity (Wildman–Crippen MR) is 81.1 cm³/mol. The van der Waals surface area contributed by atoms with Crippen LogP contribution in [0.4, 0.5) is 5.69 Å². The lowest BCUT2D eigenvalue weighted by atomic mass is 10.2. The molecule has 0 saturated heterocycles. The average molecular weight is 279 g/mol. The van der Waals surface area contributed by atoms with E-state index in [1.165, 1.54) is 0 Å². The molecule has 1 aromatic rings. The maximum absolute atomic E-state index is 12.4. The second-order valence-corrected chi connectivity index (χ2v) is 4.99. The summed E-state index contributed by atoms with van der Waals surface area (Å²) in [5.41, 5.74) is 1.44. The molecule has 0 aliphatic heterocycles. The molecule has 1 N–H and O–H groups in total. The minimum absolute atomic E-state index is 0.0379. The monoisotopic (exact) mass is 279 g/mol. The van der Waals surface area contributed by atoms with Crippen LogP contribution in [-0.4, -0.2) is 48.6 Å². The highest BCUT2D eigenvalue weighted by Crippen LogP contribution is 2.15. The molecular weight excluding hydrogens is 254 g/mol. The molecule has 1 aromatic heterocycles. The molecule has 5 nitrogen and oxygen atoms in total. The van der Waals surface area contributed by atoms with Crippen molar-refractivity contribution in [3.05, 3.63) is 24.0 Å². The number of amides is 1. The van der Waals surface area contributed by atoms with Gasteiger partial charge in [-0.3, -0.25) is 9.78 Å². The smallest absolute Gasteiger partial charge is 0.257 e. The number of pyridine rings is 1. The molecule has 0 bridgehead atoms. The highest BCUT2D eigenvalue weighted by molar-refractivity contribution is 5.99. The van der Waals surface area contributed by atoms with E-state index in [-0.39, 0.29) is 12.0 Å². The number of anilines is 1. The van der Waals surface area contributed by atoms with Gasteiger partial charge in [0.15, 0.2) is 0 Å². The quantitative estimate of drug-likeness (QED) is 0.794. The Hall–Kier alpha value is -1.62. The summed E-state index contributed by atoms with van der Waals surface area (Å²) in [4.78, 5) is 18.1. The summed E-state index contributed by atoms with van der Waals surface area (Å²) in [6.45, 7) is 8.00. The lowest BCUT2D eigenvalue weighted by Crippen LogP contribution is -2.31. The van der Waals surface area contributed by atoms with Gasteiger partial charge in [-0.2, -0.15) is 0 Å². The van der Waals surface area contributed by atoms with E-state index >= 15 is 0 Å². The van der Waals surface area contributed by atoms with Crippen LogP contribution in [0.1, 0.15) is 37.6 Å². The fraction of sp³-hybridized carbons (Fsp3) is 0.600. The number of likely N-dealkylation sites (N-methyl/N-ethyl adjacent to an activating group) is 1. The summed E-state index contributed by atoms with van der Waals surface area (Å²) in [5.74, 6) is -0.0379. The minimum Gasteiger partial charge on any atom is -0.384 e. The highest BCUT2D eigenvalue weighted by atomic mass is 16.5. The third kappa shape index (κ3) is 5.17. The SMILES string of the molecule is CCCNc1ccncc1C(=O)N(C)CCOC(C)C. The number of carbonyl (C=O) groups excluding carboxylic acids is 1. The lowest BCUT2D eigenvalue weighted by molar-refractivity contribution is 0.0532. The molecule has 0 aromatic carbocycles. The van der Waals surface area contributed by atoms with Gasteiger partial charge in [0, 0.05) is 32.5 Å². The molecule has 0 radical (unpaired) electrons. The summed E-state index contributed by atoms with van der Waals surface area (Å²) in [5, 5.41) is 3.25. The van der Waals surface area contributed by atoms with Crippen LogP contribution in [0, 0.1) is 0 Å². The Morgan fingerprint density at radius 1 is 1.50 bits per heavy atom. The van der Waals surface area contributed by atoms with Crippen LogP contribution in [0.25, 0.3) is 0 Å². The molecule has 1 amide bonds. The van der Waals surface area contributed by atoms with Crippen molar-refractivity contribution in [1.29, 1.82) is 0 Å². The number of ether oxygens (including phenoxy) is 1. The Morgan fingerprint density at radius 3 is 2.90 bits per heavy atom. The van der Waals surface area contributed by atoms with Gasteiger partial charge in [-0.15, -0.1) is 0 Å². The second-order valence-electron chi connectivity index (χ2n) is 4.99. The van der Waals surface area contributed by atoms with Gasteiger partial charge < -0.3 is 15.0 Å². The number of hydrogen-bond donors (Lipinski definition) is 1. The molecule has 5 heteroatoms. The first kappa shape index (κ1) is 16.4. The molecule has 0 spiro atoms. The van der Waals surface area contributed by atoms with Crippen molar-refractivity contribution in [2.45, 2.75) is 33.3 Å². The van der Waals surface area contributed by atoms with Crippen molar-refractivity contribution in [3.63, 3.8) is 0 Å². The molecule has 20 heavy (non-hydrogen) atoms. The molecule has 0 atom stereocenters. The summed E-state index contributed by atoms with van der Waals surface area (Å²) in [6.07, 6.45) is 4.49. The van der Waals surface area contributed by atoms with Crippen molar-refractivity contribution in [2.75, 3.05) is 32.1 Å². The van der Waals surface area contributed by atoms with Crippen molar-refractivity contribution in [2.24, 2.45) is 0 Å². The molecule has 112 valence electrons. The van der Waals surface area contributed by atoms with E-state index < -0.39 is 0 Å². The average Bonchev–Trinajstić information content (AvgIpc) is 2.44. The number of nitrogens with one attached hydrogen (secondary N) is 1. The van der Waals surface area contributed by atoms with Crippen molar-refractivity contribution in [1.82, 2.24) is 9.88 Å². The molecule has 0 unspecified atom stereocenters. The maximum atomic E-state index is 12.4. The van der Waals surface area contributed by atoms with Crippen LogP contribution in [0.5, 0.6) is 0 Å². The molecule has 1 rings (SSSR count). The van der Waals surface area contributed by atoms with E-state index in [9.17, 15) is 4.79 Å². The van der Waals surface area contributed by atoms with E-state index in [4.69, 9.17) is 4.74 Å². The van der Waals surface area contributed by atoms with Crippen molar-refractivity contribution >= 4 is 11.6 Å². The molecular formula is C15H25N3O2. The fourth-order valence-corrected chi connectivity index (χ4v) is 1.71. The highest BCUT2D eigenvalue weighted by Gasteiger charge is 2.15. The molecule has 0 fully saturated rings. The van der Waals surface area contributed by atoms with Crippen LogP contribution >= 0.6 is 0 Å². The summed E-state index contributed by atoms with van der Waals surface area (Å²) < 4.78 is 5.47. The third-order valence-corrected chi connectivity index (χ3v) is 2.84. The van der Waals surface area contributed by atoms with Crippen LogP contribution in [-0.2, 0) is 4.74 Å². The van der Waals surface area contributed by atoms with E-state index in [0.717, 1.165) is 18.7 Å². The number of hydrogen-bond acceptors (Lipinski definition) is 4. The molecule has 0 saturated carbocycles. The van der Waals surface area contributed by atoms with E-state index in [1.54, 1.807) is 24.3 Å². The normalized spacial score (nSPS) is 10.7. The van der Waals surface area contributed by atoms with E-state index in [1.807, 2.05) is 19.9 Å². The summed E-state index contributed by atoms with van der Waals surface area (Å²) in [7, 11) is 1.78. The lowest BCUT2D eigenvalue weighted by Gasteiger charge is -2.19. The first-order valence-corrected chi connectivity index (χ1v) is 7.11. The standard InChI is InChI=1S/C15H25N3O2/c1-5-7-17-14-6-8-16-11-13(14)15(19)18(4)9-10-20-12(2)3/h6,8,11-12H,5,7,9-10H2,1-4H3,(H,16,17). The zero-order valence-corrected chi connectivity index (χ0v) is 12.8. The number of carbonyl (C=O) groups is 1. The largest absolute Gasteiger partial charge is 0.384 e. The molecule has 0 aliphatic carbocycles. The Morgan fingerprint density at radius 2 is 2.25 bits per heavy atom. The summed E-state index contributed by atoms with van der Waals surface area (Å²) >= 11 is 0. The van der Waals surface area contributed by atoms with E-state index in [0.29, 0.717) is 18.7 Å². The number of nitrogens with zero attached hydrogens (tertiary/aromatic N) is 2. The van der Waals surface area contributed by atoms with E-state index in [2.05, 4.69) is 17.2 Å². The Balaban J connectivity index is 2.65. The minimum atomic E-state index is -0.0379. The zero-order chi connectivity index (χ0) is 15.0. The van der Waals surface area contributed by atoms with Gasteiger partial charge in [0.1, 0.15) is 0 Å². The first-order valence-electron chi connectivity index (χ1n) is 7.11.